The van der Waals surface area contributed by atoms with Gasteiger partial charge in [0.15, 0.2) is 0 Å². The van der Waals surface area contributed by atoms with Gasteiger partial charge >= 0.3 is 12.0 Å². The van der Waals surface area contributed by atoms with E-state index >= 15 is 0 Å². The molecule has 0 bridgehead atoms. The average Bonchev–Trinajstić information content (AvgIpc) is 2.41. The Labute approximate surface area is 126 Å². The maximum atomic E-state index is 11.8. The number of nitrogens with one attached hydrogen (secondary N) is 2. The molecule has 1 saturated carbocycles. The van der Waals surface area contributed by atoms with Crippen LogP contribution in [0, 0.1) is 5.92 Å². The van der Waals surface area contributed by atoms with Gasteiger partial charge in [0.25, 0.3) is 0 Å². The zero-order valence-corrected chi connectivity index (χ0v) is 13.0. The van der Waals surface area contributed by atoms with Gasteiger partial charge in [-0.2, -0.15) is 0 Å². The lowest BCUT2D eigenvalue weighted by atomic mass is 9.93. The first-order chi connectivity index (χ1) is 9.88. The minimum Gasteiger partial charge on any atom is -0.481 e. The van der Waals surface area contributed by atoms with E-state index in [9.17, 15) is 14.7 Å². The molecule has 4 N–H and O–H groups in total. The fraction of sp³-hybridized carbons (Fsp3) is 0.867. The van der Waals surface area contributed by atoms with Crippen molar-refractivity contribution in [1.29, 1.82) is 0 Å². The van der Waals surface area contributed by atoms with Gasteiger partial charge in [-0.05, 0) is 45.4 Å². The SMILES string of the molecule is CC(CCCC(C)C(=O)O)NC(=O)NC1CCC(O)CC1. The monoisotopic (exact) mass is 300 g/mol. The lowest BCUT2D eigenvalue weighted by Crippen LogP contribution is -2.46. The number of amides is 2. The Kier molecular flexibility index (Phi) is 7.50. The summed E-state index contributed by atoms with van der Waals surface area (Å²) in [5.41, 5.74) is 0. The van der Waals surface area contributed by atoms with Gasteiger partial charge in [0.1, 0.15) is 0 Å². The van der Waals surface area contributed by atoms with Gasteiger partial charge < -0.3 is 20.8 Å². The number of urea groups is 1. The third-order valence-electron chi connectivity index (χ3n) is 4.11. The van der Waals surface area contributed by atoms with E-state index in [1.807, 2.05) is 6.92 Å². The van der Waals surface area contributed by atoms with Crippen LogP contribution >= 0.6 is 0 Å². The molecule has 0 heterocycles. The number of carbonyl (C=O) groups is 2. The number of hydrogen-bond acceptors (Lipinski definition) is 3. The van der Waals surface area contributed by atoms with E-state index in [-0.39, 0.29) is 30.1 Å². The van der Waals surface area contributed by atoms with Gasteiger partial charge in [-0.15, -0.1) is 0 Å². The standard InChI is InChI=1S/C15H28N2O4/c1-10(14(19)20)4-3-5-11(2)16-15(21)17-12-6-8-13(18)9-7-12/h10-13,18H,3-9H2,1-2H3,(H,19,20)(H2,16,17,21). The second-order valence-corrected chi connectivity index (χ2v) is 6.19. The molecular weight excluding hydrogens is 272 g/mol. The third-order valence-corrected chi connectivity index (χ3v) is 4.11. The van der Waals surface area contributed by atoms with Gasteiger partial charge in [-0.1, -0.05) is 13.3 Å². The van der Waals surface area contributed by atoms with Crippen LogP contribution in [0.15, 0.2) is 0 Å². The first kappa shape index (κ1) is 17.8. The molecule has 1 aliphatic rings. The van der Waals surface area contributed by atoms with Gasteiger partial charge in [0.05, 0.1) is 12.0 Å². The van der Waals surface area contributed by atoms with E-state index < -0.39 is 5.97 Å². The molecule has 2 unspecified atom stereocenters. The molecule has 0 aliphatic heterocycles. The van der Waals surface area contributed by atoms with Crippen LogP contribution in [0.1, 0.15) is 58.8 Å². The van der Waals surface area contributed by atoms with E-state index in [2.05, 4.69) is 10.6 Å². The van der Waals surface area contributed by atoms with E-state index in [1.54, 1.807) is 6.92 Å². The average molecular weight is 300 g/mol. The molecule has 2 amide bonds. The topological polar surface area (TPSA) is 98.7 Å². The summed E-state index contributed by atoms with van der Waals surface area (Å²) in [4.78, 5) is 22.5. The number of aliphatic hydroxyl groups is 1. The maximum Gasteiger partial charge on any atom is 0.315 e. The summed E-state index contributed by atoms with van der Waals surface area (Å²) < 4.78 is 0. The van der Waals surface area contributed by atoms with E-state index in [1.165, 1.54) is 0 Å². The molecule has 0 radical (unpaired) electrons. The number of carboxylic acid groups (broad SMARTS) is 1. The first-order valence-electron chi connectivity index (χ1n) is 7.86. The number of aliphatic carboxylic acids is 1. The molecule has 0 saturated heterocycles. The molecule has 0 spiro atoms. The molecule has 0 aromatic rings. The maximum absolute atomic E-state index is 11.8. The summed E-state index contributed by atoms with van der Waals surface area (Å²) in [6.07, 6.45) is 5.09. The Bertz CT molecular complexity index is 341. The third kappa shape index (κ3) is 7.32. The zero-order valence-electron chi connectivity index (χ0n) is 13.0. The molecular formula is C15H28N2O4. The van der Waals surface area contributed by atoms with Crippen molar-refractivity contribution >= 4 is 12.0 Å². The van der Waals surface area contributed by atoms with Crippen LogP contribution in [-0.2, 0) is 4.79 Å². The number of rotatable bonds is 7. The fourth-order valence-electron chi connectivity index (χ4n) is 2.60. The minimum atomic E-state index is -0.771. The van der Waals surface area contributed by atoms with Crippen LogP contribution < -0.4 is 10.6 Å². The highest BCUT2D eigenvalue weighted by atomic mass is 16.4. The molecule has 0 aromatic heterocycles. The van der Waals surface area contributed by atoms with Crippen LogP contribution in [-0.4, -0.2) is 40.4 Å². The van der Waals surface area contributed by atoms with Crippen molar-refractivity contribution in [3.05, 3.63) is 0 Å². The van der Waals surface area contributed by atoms with E-state index in [4.69, 9.17) is 5.11 Å². The number of hydrogen-bond donors (Lipinski definition) is 4. The summed E-state index contributed by atoms with van der Waals surface area (Å²) in [6, 6.07) is 0.00276. The summed E-state index contributed by atoms with van der Waals surface area (Å²) in [7, 11) is 0. The second-order valence-electron chi connectivity index (χ2n) is 6.19. The van der Waals surface area contributed by atoms with Crippen LogP contribution in [0.4, 0.5) is 4.79 Å². The Hall–Kier alpha value is -1.30. The summed E-state index contributed by atoms with van der Waals surface area (Å²) >= 11 is 0. The van der Waals surface area contributed by atoms with Gasteiger partial charge in [-0.25, -0.2) is 4.79 Å². The number of aliphatic hydroxyl groups excluding tert-OH is 1. The molecule has 1 aliphatic carbocycles. The van der Waals surface area contributed by atoms with Crippen molar-refractivity contribution in [1.82, 2.24) is 10.6 Å². The molecule has 1 fully saturated rings. The highest BCUT2D eigenvalue weighted by Crippen LogP contribution is 2.18. The quantitative estimate of drug-likeness (QED) is 0.577. The van der Waals surface area contributed by atoms with E-state index in [0.29, 0.717) is 6.42 Å². The summed E-state index contributed by atoms with van der Waals surface area (Å²) in [5, 5.41) is 24.0. The largest absolute Gasteiger partial charge is 0.481 e. The van der Waals surface area contributed by atoms with Gasteiger partial charge in [-0.3, -0.25) is 4.79 Å². The number of carbonyl (C=O) groups excluding carboxylic acids is 1. The lowest BCUT2D eigenvalue weighted by Gasteiger charge is -2.27. The second kappa shape index (κ2) is 8.87. The van der Waals surface area contributed by atoms with Gasteiger partial charge in [0, 0.05) is 12.1 Å². The molecule has 122 valence electrons. The van der Waals surface area contributed by atoms with Gasteiger partial charge in [0.2, 0.25) is 0 Å². The van der Waals surface area contributed by atoms with Crippen LogP contribution in [0.2, 0.25) is 0 Å². The molecule has 6 nitrogen and oxygen atoms in total. The van der Waals surface area contributed by atoms with Crippen molar-refractivity contribution in [3.63, 3.8) is 0 Å². The highest BCUT2D eigenvalue weighted by Gasteiger charge is 2.21. The highest BCUT2D eigenvalue weighted by molar-refractivity contribution is 5.74. The molecule has 21 heavy (non-hydrogen) atoms. The van der Waals surface area contributed by atoms with Crippen molar-refractivity contribution in [2.75, 3.05) is 0 Å². The molecule has 1 rings (SSSR count). The minimum absolute atomic E-state index is 0.0279. The first-order valence-corrected chi connectivity index (χ1v) is 7.86. The van der Waals surface area contributed by atoms with Crippen molar-refractivity contribution < 1.29 is 19.8 Å². The van der Waals surface area contributed by atoms with Crippen LogP contribution in [0.25, 0.3) is 0 Å². The Morgan fingerprint density at radius 2 is 1.76 bits per heavy atom. The smallest absolute Gasteiger partial charge is 0.315 e. The molecule has 2 atom stereocenters. The lowest BCUT2D eigenvalue weighted by molar-refractivity contribution is -0.141. The van der Waals surface area contributed by atoms with Crippen molar-refractivity contribution in [2.45, 2.75) is 77.0 Å². The predicted molar refractivity (Wildman–Crippen MR) is 80.0 cm³/mol. The van der Waals surface area contributed by atoms with Crippen molar-refractivity contribution in [3.8, 4) is 0 Å². The summed E-state index contributed by atoms with van der Waals surface area (Å²) in [5.74, 6) is -1.10. The van der Waals surface area contributed by atoms with Crippen molar-refractivity contribution in [2.24, 2.45) is 5.92 Å². The Morgan fingerprint density at radius 3 is 2.33 bits per heavy atom. The molecule has 6 heteroatoms. The zero-order chi connectivity index (χ0) is 15.8. The van der Waals surface area contributed by atoms with Crippen LogP contribution in [0.3, 0.4) is 0 Å². The fourth-order valence-corrected chi connectivity index (χ4v) is 2.60. The summed E-state index contributed by atoms with van der Waals surface area (Å²) in [6.45, 7) is 3.63. The Balaban J connectivity index is 2.14. The normalized spacial score (nSPS) is 24.9. The molecule has 0 aromatic carbocycles. The predicted octanol–water partition coefficient (Wildman–Crippen LogP) is 1.87. The number of carboxylic acids is 1. The van der Waals surface area contributed by atoms with Crippen LogP contribution in [0.5, 0.6) is 0 Å². The Morgan fingerprint density at radius 1 is 1.14 bits per heavy atom. The van der Waals surface area contributed by atoms with E-state index in [0.717, 1.165) is 38.5 Å².